The zero-order valence-corrected chi connectivity index (χ0v) is 19.4. The van der Waals surface area contributed by atoms with E-state index in [4.69, 9.17) is 4.74 Å². The van der Waals surface area contributed by atoms with E-state index >= 15 is 0 Å². The van der Waals surface area contributed by atoms with Gasteiger partial charge < -0.3 is 4.74 Å². The van der Waals surface area contributed by atoms with E-state index in [1.54, 1.807) is 42.5 Å². The van der Waals surface area contributed by atoms with E-state index in [1.165, 1.54) is 15.6 Å². The van der Waals surface area contributed by atoms with E-state index in [2.05, 4.69) is 10.3 Å². The second-order valence-corrected chi connectivity index (χ2v) is 10.3. The lowest BCUT2D eigenvalue weighted by Crippen LogP contribution is -2.27. The van der Waals surface area contributed by atoms with E-state index in [9.17, 15) is 13.2 Å². The van der Waals surface area contributed by atoms with Crippen molar-refractivity contribution in [2.24, 2.45) is 0 Å². The van der Waals surface area contributed by atoms with Crippen LogP contribution in [-0.2, 0) is 10.0 Å². The number of aromatic nitrogens is 1. The topological polar surface area (TPSA) is 88.6 Å². The summed E-state index contributed by atoms with van der Waals surface area (Å²) in [6, 6.07) is 13.8. The zero-order chi connectivity index (χ0) is 22.6. The molecule has 168 valence electrons. The summed E-state index contributed by atoms with van der Waals surface area (Å²) in [6.07, 6.45) is 2.70. The number of hydrogen-bond donors (Lipinski definition) is 1. The van der Waals surface area contributed by atoms with E-state index in [0.29, 0.717) is 41.8 Å². The highest BCUT2D eigenvalue weighted by atomic mass is 32.2. The molecule has 2 aromatic carbocycles. The molecule has 0 radical (unpaired) electrons. The maximum Gasteiger partial charge on any atom is 0.257 e. The van der Waals surface area contributed by atoms with Crippen LogP contribution in [0, 0.1) is 0 Å². The fraction of sp³-hybridized carbons (Fsp3) is 0.304. The number of carbonyl (C=O) groups excluding carboxylic acids is 1. The number of nitrogens with one attached hydrogen (secondary N) is 1. The van der Waals surface area contributed by atoms with Crippen molar-refractivity contribution >= 4 is 32.4 Å². The van der Waals surface area contributed by atoms with Gasteiger partial charge in [-0.2, -0.15) is 4.31 Å². The normalized spacial score (nSPS) is 14.4. The molecule has 9 heteroatoms. The van der Waals surface area contributed by atoms with Gasteiger partial charge >= 0.3 is 0 Å². The first-order valence-electron chi connectivity index (χ1n) is 10.6. The van der Waals surface area contributed by atoms with E-state index in [-0.39, 0.29) is 10.8 Å². The summed E-state index contributed by atoms with van der Waals surface area (Å²) in [5.41, 5.74) is 1.96. The largest absolute Gasteiger partial charge is 0.494 e. The van der Waals surface area contributed by atoms with Crippen molar-refractivity contribution in [2.45, 2.75) is 31.1 Å². The predicted octanol–water partition coefficient (Wildman–Crippen LogP) is 4.64. The summed E-state index contributed by atoms with van der Waals surface area (Å²) in [6.45, 7) is 3.77. The van der Waals surface area contributed by atoms with Crippen LogP contribution in [-0.4, -0.2) is 43.3 Å². The maximum atomic E-state index is 12.7. The first-order chi connectivity index (χ1) is 15.5. The van der Waals surface area contributed by atoms with Gasteiger partial charge in [0.05, 0.1) is 17.2 Å². The third-order valence-corrected chi connectivity index (χ3v) is 7.82. The molecule has 0 aliphatic carbocycles. The van der Waals surface area contributed by atoms with Crippen LogP contribution in [0.1, 0.15) is 36.5 Å². The molecular weight excluding hydrogens is 446 g/mol. The van der Waals surface area contributed by atoms with E-state index in [1.807, 2.05) is 18.4 Å². The van der Waals surface area contributed by atoms with Crippen molar-refractivity contribution in [2.75, 3.05) is 25.0 Å². The Bertz CT molecular complexity index is 1180. The summed E-state index contributed by atoms with van der Waals surface area (Å²) >= 11 is 1.31. The van der Waals surface area contributed by atoms with Crippen LogP contribution in [0.2, 0.25) is 0 Å². The fourth-order valence-electron chi connectivity index (χ4n) is 3.46. The van der Waals surface area contributed by atoms with Gasteiger partial charge in [0.2, 0.25) is 10.0 Å². The quantitative estimate of drug-likeness (QED) is 0.517. The smallest absolute Gasteiger partial charge is 0.257 e. The molecule has 0 spiro atoms. The lowest BCUT2D eigenvalue weighted by molar-refractivity contribution is 0.102. The minimum Gasteiger partial charge on any atom is -0.494 e. The molecule has 0 atom stereocenters. The minimum atomic E-state index is -3.44. The minimum absolute atomic E-state index is 0.264. The number of benzene rings is 2. The first kappa shape index (κ1) is 22.4. The number of sulfonamides is 1. The predicted molar refractivity (Wildman–Crippen MR) is 126 cm³/mol. The zero-order valence-electron chi connectivity index (χ0n) is 17.8. The summed E-state index contributed by atoms with van der Waals surface area (Å²) < 4.78 is 32.5. The summed E-state index contributed by atoms with van der Waals surface area (Å²) in [5.74, 6) is 0.392. The molecular formula is C23H25N3O4S2. The van der Waals surface area contributed by atoms with Crippen molar-refractivity contribution < 1.29 is 17.9 Å². The number of nitrogens with zero attached hydrogens (tertiary/aromatic N) is 2. The Morgan fingerprint density at radius 1 is 1.16 bits per heavy atom. The van der Waals surface area contributed by atoms with Crippen LogP contribution in [0.15, 0.2) is 58.8 Å². The molecule has 32 heavy (non-hydrogen) atoms. The van der Waals surface area contributed by atoms with Crippen molar-refractivity contribution in [3.63, 3.8) is 0 Å². The van der Waals surface area contributed by atoms with Gasteiger partial charge in [-0.1, -0.05) is 25.1 Å². The Labute approximate surface area is 192 Å². The van der Waals surface area contributed by atoms with Crippen LogP contribution in [0.25, 0.3) is 11.3 Å². The van der Waals surface area contributed by atoms with Gasteiger partial charge in [-0.3, -0.25) is 10.1 Å². The lowest BCUT2D eigenvalue weighted by Gasteiger charge is -2.15. The molecule has 1 fully saturated rings. The molecule has 1 amide bonds. The first-order valence-corrected chi connectivity index (χ1v) is 12.9. The molecule has 2 heterocycles. The average molecular weight is 472 g/mol. The SMILES string of the molecule is CCCOc1cccc(C(=O)Nc2nc(-c3ccc(S(=O)(=O)N4CCCC4)cc3)cs2)c1. The summed E-state index contributed by atoms with van der Waals surface area (Å²) in [7, 11) is -3.44. The molecule has 1 N–H and O–H groups in total. The summed E-state index contributed by atoms with van der Waals surface area (Å²) in [5, 5.41) is 5.12. The van der Waals surface area contributed by atoms with Crippen LogP contribution in [0.4, 0.5) is 5.13 Å². The molecule has 1 aliphatic heterocycles. The van der Waals surface area contributed by atoms with Gasteiger partial charge in [-0.15, -0.1) is 11.3 Å². The van der Waals surface area contributed by atoms with E-state index in [0.717, 1.165) is 24.8 Å². The van der Waals surface area contributed by atoms with Crippen molar-refractivity contribution in [3.8, 4) is 17.0 Å². The molecule has 0 saturated carbocycles. The molecule has 0 unspecified atom stereocenters. The van der Waals surface area contributed by atoms with Crippen molar-refractivity contribution in [1.29, 1.82) is 0 Å². The van der Waals surface area contributed by atoms with Gasteiger partial charge in [0, 0.05) is 29.6 Å². The Morgan fingerprint density at radius 3 is 2.62 bits per heavy atom. The van der Waals surface area contributed by atoms with Crippen LogP contribution >= 0.6 is 11.3 Å². The van der Waals surface area contributed by atoms with Crippen LogP contribution in [0.5, 0.6) is 5.75 Å². The molecule has 4 rings (SSSR count). The highest BCUT2D eigenvalue weighted by Gasteiger charge is 2.27. The van der Waals surface area contributed by atoms with Crippen molar-refractivity contribution in [1.82, 2.24) is 9.29 Å². The van der Waals surface area contributed by atoms with Gasteiger partial charge in [-0.05, 0) is 49.6 Å². The maximum absolute atomic E-state index is 12.7. The number of carbonyl (C=O) groups is 1. The molecule has 1 saturated heterocycles. The highest BCUT2D eigenvalue weighted by Crippen LogP contribution is 2.28. The highest BCUT2D eigenvalue weighted by molar-refractivity contribution is 7.89. The Kier molecular flexibility index (Phi) is 6.88. The lowest BCUT2D eigenvalue weighted by atomic mass is 10.2. The Balaban J connectivity index is 1.44. The van der Waals surface area contributed by atoms with Crippen LogP contribution < -0.4 is 10.1 Å². The monoisotopic (exact) mass is 471 g/mol. The van der Waals surface area contributed by atoms with E-state index < -0.39 is 10.0 Å². The number of rotatable bonds is 8. The third-order valence-electron chi connectivity index (χ3n) is 5.15. The number of hydrogen-bond acceptors (Lipinski definition) is 6. The van der Waals surface area contributed by atoms with Gasteiger partial charge in [0.1, 0.15) is 5.75 Å². The second kappa shape index (κ2) is 9.81. The standard InChI is InChI=1S/C23H25N3O4S2/c1-2-14-30-19-7-5-6-18(15-19)22(27)25-23-24-21(16-31-23)17-8-10-20(11-9-17)32(28,29)26-12-3-4-13-26/h5-11,15-16H,2-4,12-14H2,1H3,(H,24,25,27). The Morgan fingerprint density at radius 2 is 1.91 bits per heavy atom. The number of amides is 1. The number of anilines is 1. The Hall–Kier alpha value is -2.75. The third kappa shape index (κ3) is 5.01. The van der Waals surface area contributed by atoms with Gasteiger partial charge in [-0.25, -0.2) is 13.4 Å². The average Bonchev–Trinajstić information content (AvgIpc) is 3.51. The fourth-order valence-corrected chi connectivity index (χ4v) is 5.69. The van der Waals surface area contributed by atoms with Gasteiger partial charge in [0.25, 0.3) is 5.91 Å². The number of ether oxygens (including phenoxy) is 1. The molecule has 0 bridgehead atoms. The number of thiazole rings is 1. The van der Waals surface area contributed by atoms with Crippen molar-refractivity contribution in [3.05, 3.63) is 59.5 Å². The summed E-state index contributed by atoms with van der Waals surface area (Å²) in [4.78, 5) is 17.4. The second-order valence-electron chi connectivity index (χ2n) is 7.50. The molecule has 3 aromatic rings. The molecule has 7 nitrogen and oxygen atoms in total. The van der Waals surface area contributed by atoms with Crippen LogP contribution in [0.3, 0.4) is 0 Å². The van der Waals surface area contributed by atoms with Gasteiger partial charge in [0.15, 0.2) is 5.13 Å². The molecule has 1 aromatic heterocycles. The molecule has 1 aliphatic rings.